The number of para-hydroxylation sites is 1. The maximum Gasteiger partial charge on any atom is 0.222 e. The molecule has 1 aliphatic carbocycles. The number of likely N-dealkylation sites (tertiary alicyclic amines) is 1. The van der Waals surface area contributed by atoms with Crippen molar-refractivity contribution >= 4 is 11.8 Å². The molecular weight excluding hydrogens is 352 g/mol. The molecule has 28 heavy (non-hydrogen) atoms. The number of ether oxygens (including phenoxy) is 1. The summed E-state index contributed by atoms with van der Waals surface area (Å²) in [7, 11) is 0. The molecule has 1 N–H and O–H groups in total. The quantitative estimate of drug-likeness (QED) is 0.843. The molecular formula is C23H32N2O3. The van der Waals surface area contributed by atoms with Crippen LogP contribution >= 0.6 is 0 Å². The highest BCUT2D eigenvalue weighted by molar-refractivity contribution is 5.78. The molecule has 1 atom stereocenters. The minimum atomic E-state index is -0.256. The second kappa shape index (κ2) is 7.76. The van der Waals surface area contributed by atoms with Gasteiger partial charge in [0.05, 0.1) is 0 Å². The topological polar surface area (TPSA) is 58.6 Å². The standard InChI is InChI=1S/C23H32N2O3/c1-16(2)13-22(27)25-11-9-23(10-12-25)15-17(14-21(26)24-18-7-8-18)19-5-3-4-6-20(19)28-23/h3-6,16-18H,7-15H2,1-2H3,(H,24,26). The normalized spacial score (nSPS) is 23.2. The number of hydrogen-bond donors (Lipinski definition) is 1. The van der Waals surface area contributed by atoms with Gasteiger partial charge in [-0.1, -0.05) is 32.0 Å². The summed E-state index contributed by atoms with van der Waals surface area (Å²) in [6, 6.07) is 8.54. The van der Waals surface area contributed by atoms with Gasteiger partial charge >= 0.3 is 0 Å². The van der Waals surface area contributed by atoms with Crippen LogP contribution in [0.1, 0.15) is 70.3 Å². The SMILES string of the molecule is CC(C)CC(=O)N1CCC2(CC1)CC(CC(=O)NC1CC1)c1ccccc1O2. The van der Waals surface area contributed by atoms with E-state index in [9.17, 15) is 9.59 Å². The minimum absolute atomic E-state index is 0.156. The largest absolute Gasteiger partial charge is 0.487 e. The third-order valence-electron chi connectivity index (χ3n) is 6.29. The van der Waals surface area contributed by atoms with Crippen LogP contribution in [-0.4, -0.2) is 41.4 Å². The molecule has 0 aromatic heterocycles. The summed E-state index contributed by atoms with van der Waals surface area (Å²) in [6.45, 7) is 5.66. The number of benzene rings is 1. The Hall–Kier alpha value is -2.04. The lowest BCUT2D eigenvalue weighted by atomic mass is 9.76. The van der Waals surface area contributed by atoms with E-state index in [-0.39, 0.29) is 23.3 Å². The first-order chi connectivity index (χ1) is 13.4. The number of fused-ring (bicyclic) bond motifs is 1. The van der Waals surface area contributed by atoms with Crippen molar-refractivity contribution in [2.24, 2.45) is 5.92 Å². The molecule has 0 radical (unpaired) electrons. The van der Waals surface area contributed by atoms with Gasteiger partial charge in [0.1, 0.15) is 11.4 Å². The van der Waals surface area contributed by atoms with Crippen molar-refractivity contribution in [1.82, 2.24) is 10.2 Å². The van der Waals surface area contributed by atoms with Crippen LogP contribution in [0.15, 0.2) is 24.3 Å². The van der Waals surface area contributed by atoms with Crippen LogP contribution < -0.4 is 10.1 Å². The number of nitrogens with one attached hydrogen (secondary N) is 1. The van der Waals surface area contributed by atoms with E-state index < -0.39 is 0 Å². The molecule has 5 nitrogen and oxygen atoms in total. The fourth-order valence-electron chi connectivity index (χ4n) is 4.61. The molecule has 2 heterocycles. The molecule has 5 heteroatoms. The number of rotatable bonds is 5. The van der Waals surface area contributed by atoms with Gasteiger partial charge in [0.25, 0.3) is 0 Å². The lowest BCUT2D eigenvalue weighted by molar-refractivity contribution is -0.136. The lowest BCUT2D eigenvalue weighted by Crippen LogP contribution is -2.52. The van der Waals surface area contributed by atoms with Crippen LogP contribution in [0.5, 0.6) is 5.75 Å². The van der Waals surface area contributed by atoms with E-state index in [1.165, 1.54) is 0 Å². The number of hydrogen-bond acceptors (Lipinski definition) is 3. The van der Waals surface area contributed by atoms with Crippen LogP contribution in [0.25, 0.3) is 0 Å². The van der Waals surface area contributed by atoms with Gasteiger partial charge in [0.2, 0.25) is 11.8 Å². The highest BCUT2D eigenvalue weighted by atomic mass is 16.5. The van der Waals surface area contributed by atoms with Crippen LogP contribution in [0.2, 0.25) is 0 Å². The van der Waals surface area contributed by atoms with Crippen LogP contribution in [-0.2, 0) is 9.59 Å². The summed E-state index contributed by atoms with van der Waals surface area (Å²) < 4.78 is 6.51. The van der Waals surface area contributed by atoms with Crippen molar-refractivity contribution in [3.05, 3.63) is 29.8 Å². The predicted octanol–water partition coefficient (Wildman–Crippen LogP) is 3.63. The Balaban J connectivity index is 1.45. The molecule has 2 aliphatic heterocycles. The summed E-state index contributed by atoms with van der Waals surface area (Å²) in [5.41, 5.74) is 0.894. The van der Waals surface area contributed by atoms with Gasteiger partial charge in [-0.3, -0.25) is 9.59 Å². The Morgan fingerprint density at radius 1 is 1.21 bits per heavy atom. The Morgan fingerprint density at radius 3 is 2.61 bits per heavy atom. The molecule has 4 rings (SSSR count). The first-order valence-corrected chi connectivity index (χ1v) is 10.8. The fourth-order valence-corrected chi connectivity index (χ4v) is 4.61. The fraction of sp³-hybridized carbons (Fsp3) is 0.652. The van der Waals surface area contributed by atoms with E-state index in [2.05, 4.69) is 25.2 Å². The van der Waals surface area contributed by atoms with Gasteiger partial charge < -0.3 is 15.0 Å². The van der Waals surface area contributed by atoms with E-state index in [0.29, 0.717) is 24.8 Å². The maximum absolute atomic E-state index is 12.5. The molecule has 2 fully saturated rings. The van der Waals surface area contributed by atoms with Gasteiger partial charge in [-0.15, -0.1) is 0 Å². The first kappa shape index (κ1) is 19.3. The third-order valence-corrected chi connectivity index (χ3v) is 6.29. The van der Waals surface area contributed by atoms with E-state index in [4.69, 9.17) is 4.74 Å². The smallest absolute Gasteiger partial charge is 0.222 e. The molecule has 1 aromatic rings. The molecule has 2 amide bonds. The summed E-state index contributed by atoms with van der Waals surface area (Å²) >= 11 is 0. The molecule has 3 aliphatic rings. The molecule has 1 aromatic carbocycles. The lowest BCUT2D eigenvalue weighted by Gasteiger charge is -2.47. The van der Waals surface area contributed by atoms with E-state index in [1.807, 2.05) is 23.1 Å². The van der Waals surface area contributed by atoms with Crippen LogP contribution in [0.4, 0.5) is 0 Å². The van der Waals surface area contributed by atoms with Crippen molar-refractivity contribution in [1.29, 1.82) is 0 Å². The Labute approximate surface area is 167 Å². The first-order valence-electron chi connectivity index (χ1n) is 10.8. The molecule has 1 spiro atoms. The average Bonchev–Trinajstić information content (AvgIpc) is 3.45. The van der Waals surface area contributed by atoms with Gasteiger partial charge in [-0.2, -0.15) is 0 Å². The molecule has 1 unspecified atom stereocenters. The third kappa shape index (κ3) is 4.34. The number of piperidine rings is 1. The van der Waals surface area contributed by atoms with Gasteiger partial charge in [0, 0.05) is 50.7 Å². The zero-order valence-corrected chi connectivity index (χ0v) is 17.1. The molecule has 1 saturated carbocycles. The van der Waals surface area contributed by atoms with E-state index in [0.717, 1.165) is 56.5 Å². The van der Waals surface area contributed by atoms with Gasteiger partial charge in [-0.25, -0.2) is 0 Å². The predicted molar refractivity (Wildman–Crippen MR) is 108 cm³/mol. The van der Waals surface area contributed by atoms with Crippen LogP contribution in [0, 0.1) is 5.92 Å². The molecule has 1 saturated heterocycles. The summed E-state index contributed by atoms with van der Waals surface area (Å²) in [5.74, 6) is 1.89. The van der Waals surface area contributed by atoms with Crippen molar-refractivity contribution in [3.8, 4) is 5.75 Å². The number of amides is 2. The summed E-state index contributed by atoms with van der Waals surface area (Å²) in [5, 5.41) is 3.13. The van der Waals surface area contributed by atoms with Crippen molar-refractivity contribution < 1.29 is 14.3 Å². The average molecular weight is 385 g/mol. The van der Waals surface area contributed by atoms with Crippen molar-refractivity contribution in [2.45, 2.75) is 76.4 Å². The van der Waals surface area contributed by atoms with Crippen molar-refractivity contribution in [3.63, 3.8) is 0 Å². The highest BCUT2D eigenvalue weighted by Crippen LogP contribution is 2.46. The zero-order valence-electron chi connectivity index (χ0n) is 17.1. The van der Waals surface area contributed by atoms with Gasteiger partial charge in [-0.05, 0) is 36.8 Å². The second-order valence-electron chi connectivity index (χ2n) is 9.25. The monoisotopic (exact) mass is 384 g/mol. The number of nitrogens with zero attached hydrogens (tertiary/aromatic N) is 1. The molecule has 0 bridgehead atoms. The summed E-state index contributed by atoms with van der Waals surface area (Å²) in [6.07, 6.45) is 5.89. The maximum atomic E-state index is 12.5. The highest BCUT2D eigenvalue weighted by Gasteiger charge is 2.44. The zero-order chi connectivity index (χ0) is 19.7. The summed E-state index contributed by atoms with van der Waals surface area (Å²) in [4.78, 5) is 26.9. The van der Waals surface area contributed by atoms with Crippen molar-refractivity contribution in [2.75, 3.05) is 13.1 Å². The Kier molecular flexibility index (Phi) is 5.35. The van der Waals surface area contributed by atoms with Gasteiger partial charge in [0.15, 0.2) is 0 Å². The van der Waals surface area contributed by atoms with E-state index >= 15 is 0 Å². The second-order valence-corrected chi connectivity index (χ2v) is 9.25. The number of carbonyl (C=O) groups excluding carboxylic acids is 2. The van der Waals surface area contributed by atoms with Crippen LogP contribution in [0.3, 0.4) is 0 Å². The minimum Gasteiger partial charge on any atom is -0.487 e. The van der Waals surface area contributed by atoms with E-state index in [1.54, 1.807) is 0 Å². The Morgan fingerprint density at radius 2 is 1.93 bits per heavy atom. The molecule has 152 valence electrons. The number of carbonyl (C=O) groups is 2. The Bertz CT molecular complexity index is 733.